The van der Waals surface area contributed by atoms with E-state index in [9.17, 15) is 13.2 Å². The molecule has 0 aromatic heterocycles. The summed E-state index contributed by atoms with van der Waals surface area (Å²) in [6, 6.07) is 19.9. The molecule has 0 saturated heterocycles. The second-order valence-electron chi connectivity index (χ2n) is 7.84. The van der Waals surface area contributed by atoms with Crippen molar-refractivity contribution in [2.45, 2.75) is 38.0 Å². The number of anilines is 2. The molecule has 3 aromatic rings. The quantitative estimate of drug-likeness (QED) is 0.618. The Bertz CT molecular complexity index is 1200. The van der Waals surface area contributed by atoms with Gasteiger partial charge in [0.2, 0.25) is 0 Å². The summed E-state index contributed by atoms with van der Waals surface area (Å²) in [4.78, 5) is 13.0. The third-order valence-corrected chi connectivity index (χ3v) is 7.47. The lowest BCUT2D eigenvalue weighted by molar-refractivity contribution is 0.102. The van der Waals surface area contributed by atoms with Crippen LogP contribution in [0.4, 0.5) is 11.4 Å². The van der Waals surface area contributed by atoms with Crippen molar-refractivity contribution >= 4 is 27.3 Å². The number of aryl methyl sites for hydroxylation is 3. The lowest BCUT2D eigenvalue weighted by Gasteiger charge is -2.30. The molecule has 0 unspecified atom stereocenters. The molecule has 0 radical (unpaired) electrons. The number of carbonyl (C=O) groups excluding carboxylic acids is 1. The van der Waals surface area contributed by atoms with E-state index in [1.165, 1.54) is 9.87 Å². The summed E-state index contributed by atoms with van der Waals surface area (Å²) in [6.07, 6.45) is 2.39. The number of hydrogen-bond donors (Lipinski definition) is 1. The van der Waals surface area contributed by atoms with Crippen LogP contribution >= 0.6 is 0 Å². The van der Waals surface area contributed by atoms with E-state index in [0.717, 1.165) is 29.7 Å². The van der Waals surface area contributed by atoms with Gasteiger partial charge in [-0.2, -0.15) is 0 Å². The van der Waals surface area contributed by atoms with Crippen molar-refractivity contribution in [3.8, 4) is 0 Å². The molecule has 5 nitrogen and oxygen atoms in total. The first-order valence-corrected chi connectivity index (χ1v) is 11.9. The fraction of sp³-hybridized carbons (Fsp3) is 0.240. The minimum atomic E-state index is -3.65. The van der Waals surface area contributed by atoms with Gasteiger partial charge in [0.05, 0.1) is 10.6 Å². The highest BCUT2D eigenvalue weighted by Crippen LogP contribution is 2.33. The zero-order chi connectivity index (χ0) is 22.0. The molecule has 1 N–H and O–H groups in total. The zero-order valence-electron chi connectivity index (χ0n) is 17.8. The first-order valence-electron chi connectivity index (χ1n) is 10.5. The summed E-state index contributed by atoms with van der Waals surface area (Å²) < 4.78 is 27.9. The summed E-state index contributed by atoms with van der Waals surface area (Å²) in [7, 11) is -3.65. The number of fused-ring (bicyclic) bond motifs is 1. The number of amides is 1. The van der Waals surface area contributed by atoms with Crippen molar-refractivity contribution < 1.29 is 13.2 Å². The molecular weight excluding hydrogens is 408 g/mol. The molecule has 1 aliphatic heterocycles. The number of nitrogens with zero attached hydrogens (tertiary/aromatic N) is 1. The van der Waals surface area contributed by atoms with Crippen molar-refractivity contribution in [3.05, 3.63) is 89.0 Å². The third-order valence-electron chi connectivity index (χ3n) is 5.65. The summed E-state index contributed by atoms with van der Waals surface area (Å²) in [6.45, 7) is 4.44. The molecule has 0 spiro atoms. The monoisotopic (exact) mass is 434 g/mol. The maximum Gasteiger partial charge on any atom is 0.264 e. The second-order valence-corrected chi connectivity index (χ2v) is 9.70. The van der Waals surface area contributed by atoms with E-state index in [-0.39, 0.29) is 10.8 Å². The van der Waals surface area contributed by atoms with E-state index in [2.05, 4.69) is 12.2 Å². The number of benzene rings is 3. The Morgan fingerprint density at radius 3 is 2.39 bits per heavy atom. The highest BCUT2D eigenvalue weighted by Gasteiger charge is 2.29. The van der Waals surface area contributed by atoms with E-state index in [1.54, 1.807) is 36.4 Å². The predicted octanol–water partition coefficient (Wildman–Crippen LogP) is 4.95. The molecule has 0 atom stereocenters. The maximum absolute atomic E-state index is 13.2. The lowest BCUT2D eigenvalue weighted by atomic mass is 10.0. The van der Waals surface area contributed by atoms with E-state index in [1.807, 2.05) is 37.3 Å². The number of rotatable bonds is 5. The summed E-state index contributed by atoms with van der Waals surface area (Å²) in [5.41, 5.74) is 5.00. The average molecular weight is 435 g/mol. The van der Waals surface area contributed by atoms with Gasteiger partial charge in [0.25, 0.3) is 15.9 Å². The van der Waals surface area contributed by atoms with Gasteiger partial charge in [-0.15, -0.1) is 0 Å². The van der Waals surface area contributed by atoms with Gasteiger partial charge in [0.1, 0.15) is 0 Å². The minimum absolute atomic E-state index is 0.203. The van der Waals surface area contributed by atoms with Gasteiger partial charge < -0.3 is 5.32 Å². The standard InChI is InChI=1S/C25H26N2O3S/c1-3-19-8-11-22(12-9-19)26-25(28)21-10-15-24-20(17-21)5-4-16-27(24)31(29,30)23-13-6-18(2)7-14-23/h6-15,17H,3-5,16H2,1-2H3,(H,26,28). The Kier molecular flexibility index (Phi) is 5.83. The van der Waals surface area contributed by atoms with Crippen LogP contribution in [0.5, 0.6) is 0 Å². The van der Waals surface area contributed by atoms with Crippen LogP contribution < -0.4 is 9.62 Å². The van der Waals surface area contributed by atoms with Crippen LogP contribution in [0.25, 0.3) is 0 Å². The fourth-order valence-corrected chi connectivity index (χ4v) is 5.36. The van der Waals surface area contributed by atoms with Crippen LogP contribution in [0.3, 0.4) is 0 Å². The molecule has 160 valence electrons. The van der Waals surface area contributed by atoms with Gasteiger partial charge in [-0.1, -0.05) is 36.8 Å². The first-order chi connectivity index (χ1) is 14.9. The largest absolute Gasteiger partial charge is 0.322 e. The number of hydrogen-bond acceptors (Lipinski definition) is 3. The van der Waals surface area contributed by atoms with Gasteiger partial charge in [-0.05, 0) is 79.8 Å². The molecule has 4 rings (SSSR count). The third kappa shape index (κ3) is 4.35. The summed E-state index contributed by atoms with van der Waals surface area (Å²) in [5, 5.41) is 2.92. The Morgan fingerprint density at radius 1 is 1.00 bits per heavy atom. The summed E-state index contributed by atoms with van der Waals surface area (Å²) in [5.74, 6) is -0.203. The Morgan fingerprint density at radius 2 is 1.71 bits per heavy atom. The highest BCUT2D eigenvalue weighted by molar-refractivity contribution is 7.92. The fourth-order valence-electron chi connectivity index (χ4n) is 3.82. The van der Waals surface area contributed by atoms with Gasteiger partial charge >= 0.3 is 0 Å². The number of sulfonamides is 1. The van der Waals surface area contributed by atoms with Crippen LogP contribution in [0.2, 0.25) is 0 Å². The van der Waals surface area contributed by atoms with Crippen LogP contribution in [0.15, 0.2) is 71.6 Å². The van der Waals surface area contributed by atoms with E-state index in [4.69, 9.17) is 0 Å². The molecule has 0 bridgehead atoms. The summed E-state index contributed by atoms with van der Waals surface area (Å²) >= 11 is 0. The van der Waals surface area contributed by atoms with Crippen LogP contribution in [0.1, 0.15) is 40.4 Å². The van der Waals surface area contributed by atoms with Crippen LogP contribution in [-0.4, -0.2) is 20.9 Å². The minimum Gasteiger partial charge on any atom is -0.322 e. The van der Waals surface area contributed by atoms with E-state index >= 15 is 0 Å². The van der Waals surface area contributed by atoms with Gasteiger partial charge in [-0.3, -0.25) is 9.10 Å². The SMILES string of the molecule is CCc1ccc(NC(=O)c2ccc3c(c2)CCCN3S(=O)(=O)c2ccc(C)cc2)cc1. The van der Waals surface area contributed by atoms with Gasteiger partial charge in [0, 0.05) is 17.8 Å². The molecule has 31 heavy (non-hydrogen) atoms. The van der Waals surface area contributed by atoms with Crippen LogP contribution in [-0.2, 0) is 22.9 Å². The van der Waals surface area contributed by atoms with E-state index < -0.39 is 10.0 Å². The predicted molar refractivity (Wildman–Crippen MR) is 124 cm³/mol. The van der Waals surface area contributed by atoms with Gasteiger partial charge in [0.15, 0.2) is 0 Å². The van der Waals surface area contributed by atoms with E-state index in [0.29, 0.717) is 24.2 Å². The molecule has 1 amide bonds. The topological polar surface area (TPSA) is 66.5 Å². The van der Waals surface area contributed by atoms with Gasteiger partial charge in [-0.25, -0.2) is 8.42 Å². The molecule has 0 saturated carbocycles. The Labute approximate surface area is 183 Å². The smallest absolute Gasteiger partial charge is 0.264 e. The highest BCUT2D eigenvalue weighted by atomic mass is 32.2. The Hall–Kier alpha value is -3.12. The molecule has 1 heterocycles. The second kappa shape index (κ2) is 8.55. The maximum atomic E-state index is 13.2. The normalized spacial score (nSPS) is 13.5. The average Bonchev–Trinajstić information content (AvgIpc) is 2.79. The molecular formula is C25H26N2O3S. The number of nitrogens with one attached hydrogen (secondary N) is 1. The van der Waals surface area contributed by atoms with Crippen LogP contribution in [0, 0.1) is 6.92 Å². The molecule has 3 aromatic carbocycles. The first kappa shape index (κ1) is 21.1. The molecule has 6 heteroatoms. The number of carbonyl (C=O) groups is 1. The lowest BCUT2D eigenvalue weighted by Crippen LogP contribution is -2.35. The molecule has 0 aliphatic carbocycles. The Balaban J connectivity index is 1.59. The molecule has 0 fully saturated rings. The van der Waals surface area contributed by atoms with Crippen molar-refractivity contribution in [2.75, 3.05) is 16.2 Å². The zero-order valence-corrected chi connectivity index (χ0v) is 18.6. The van der Waals surface area contributed by atoms with Crippen molar-refractivity contribution in [1.29, 1.82) is 0 Å². The van der Waals surface area contributed by atoms with Crippen molar-refractivity contribution in [3.63, 3.8) is 0 Å². The van der Waals surface area contributed by atoms with Crippen molar-refractivity contribution in [1.82, 2.24) is 0 Å². The van der Waals surface area contributed by atoms with Crippen molar-refractivity contribution in [2.24, 2.45) is 0 Å². The molecule has 1 aliphatic rings.